The van der Waals surface area contributed by atoms with Crippen LogP contribution in [0.25, 0.3) is 0 Å². The topological polar surface area (TPSA) is 41.5 Å². The van der Waals surface area contributed by atoms with Crippen molar-refractivity contribution in [2.45, 2.75) is 46.1 Å². The highest BCUT2D eigenvalue weighted by Crippen LogP contribution is 2.04. The standard InChI is InChI=1S/C12H27NO2/c1-11(2)5-9-15-10-8-13-7-6-12(3,4)14/h11,13-14H,5-10H2,1-4H3. The zero-order valence-corrected chi connectivity index (χ0v) is 10.7. The van der Waals surface area contributed by atoms with Crippen molar-refractivity contribution in [3.8, 4) is 0 Å². The lowest BCUT2D eigenvalue weighted by Gasteiger charge is -2.16. The molecule has 0 saturated carbocycles. The van der Waals surface area contributed by atoms with Gasteiger partial charge in [-0.1, -0.05) is 13.8 Å². The van der Waals surface area contributed by atoms with E-state index in [2.05, 4.69) is 19.2 Å². The summed E-state index contributed by atoms with van der Waals surface area (Å²) in [5, 5.41) is 12.7. The number of aliphatic hydroxyl groups is 1. The summed E-state index contributed by atoms with van der Waals surface area (Å²) in [6, 6.07) is 0. The van der Waals surface area contributed by atoms with Crippen molar-refractivity contribution in [3.63, 3.8) is 0 Å². The Balaban J connectivity index is 3.06. The van der Waals surface area contributed by atoms with Crippen LogP contribution in [-0.4, -0.2) is 37.0 Å². The first-order valence-electron chi connectivity index (χ1n) is 5.92. The van der Waals surface area contributed by atoms with E-state index in [1.807, 2.05) is 13.8 Å². The summed E-state index contributed by atoms with van der Waals surface area (Å²) in [5.41, 5.74) is -0.564. The van der Waals surface area contributed by atoms with Gasteiger partial charge in [-0.2, -0.15) is 0 Å². The van der Waals surface area contributed by atoms with E-state index in [1.54, 1.807) is 0 Å². The van der Waals surface area contributed by atoms with Crippen molar-refractivity contribution < 1.29 is 9.84 Å². The molecular weight excluding hydrogens is 190 g/mol. The van der Waals surface area contributed by atoms with Crippen LogP contribution in [0.1, 0.15) is 40.5 Å². The lowest BCUT2D eigenvalue weighted by molar-refractivity contribution is 0.0696. The van der Waals surface area contributed by atoms with Gasteiger partial charge < -0.3 is 15.2 Å². The van der Waals surface area contributed by atoms with Gasteiger partial charge in [-0.05, 0) is 39.2 Å². The van der Waals surface area contributed by atoms with Crippen LogP contribution < -0.4 is 5.32 Å². The molecule has 0 aliphatic carbocycles. The molecule has 0 radical (unpaired) electrons. The maximum Gasteiger partial charge on any atom is 0.0603 e. The number of ether oxygens (including phenoxy) is 1. The monoisotopic (exact) mass is 217 g/mol. The average Bonchev–Trinajstić information content (AvgIpc) is 2.07. The van der Waals surface area contributed by atoms with Crippen molar-refractivity contribution in [1.29, 1.82) is 0 Å². The molecule has 0 aromatic rings. The maximum absolute atomic E-state index is 9.45. The van der Waals surface area contributed by atoms with E-state index in [0.717, 1.165) is 39.1 Å². The molecule has 0 aromatic heterocycles. The molecule has 92 valence electrons. The molecule has 0 spiro atoms. The first-order chi connectivity index (χ1) is 6.92. The van der Waals surface area contributed by atoms with Crippen LogP contribution in [0.5, 0.6) is 0 Å². The van der Waals surface area contributed by atoms with Crippen molar-refractivity contribution in [1.82, 2.24) is 5.32 Å². The van der Waals surface area contributed by atoms with Crippen LogP contribution in [0.3, 0.4) is 0 Å². The predicted octanol–water partition coefficient (Wildman–Crippen LogP) is 1.80. The summed E-state index contributed by atoms with van der Waals surface area (Å²) in [5.74, 6) is 0.716. The summed E-state index contributed by atoms with van der Waals surface area (Å²) in [4.78, 5) is 0. The minimum atomic E-state index is -0.564. The SMILES string of the molecule is CC(C)CCOCCNCCC(C)(C)O. The van der Waals surface area contributed by atoms with Gasteiger partial charge in [0.05, 0.1) is 12.2 Å². The van der Waals surface area contributed by atoms with Gasteiger partial charge in [-0.3, -0.25) is 0 Å². The third-order valence-corrected chi connectivity index (χ3v) is 2.18. The van der Waals surface area contributed by atoms with Gasteiger partial charge in [0.15, 0.2) is 0 Å². The number of rotatable bonds is 9. The maximum atomic E-state index is 9.45. The molecule has 0 aromatic carbocycles. The Morgan fingerprint density at radius 3 is 2.40 bits per heavy atom. The lowest BCUT2D eigenvalue weighted by Crippen LogP contribution is -2.28. The Morgan fingerprint density at radius 1 is 1.20 bits per heavy atom. The summed E-state index contributed by atoms with van der Waals surface area (Å²) >= 11 is 0. The van der Waals surface area contributed by atoms with Crippen LogP contribution >= 0.6 is 0 Å². The summed E-state index contributed by atoms with van der Waals surface area (Å²) in [7, 11) is 0. The zero-order chi connectivity index (χ0) is 11.7. The van der Waals surface area contributed by atoms with E-state index in [4.69, 9.17) is 4.74 Å². The average molecular weight is 217 g/mol. The van der Waals surface area contributed by atoms with Crippen molar-refractivity contribution >= 4 is 0 Å². The second kappa shape index (κ2) is 8.08. The quantitative estimate of drug-likeness (QED) is 0.579. The first kappa shape index (κ1) is 14.9. The predicted molar refractivity (Wildman–Crippen MR) is 64.1 cm³/mol. The van der Waals surface area contributed by atoms with Crippen LogP contribution in [0.4, 0.5) is 0 Å². The Hall–Kier alpha value is -0.120. The van der Waals surface area contributed by atoms with Gasteiger partial charge >= 0.3 is 0 Å². The highest BCUT2D eigenvalue weighted by atomic mass is 16.5. The zero-order valence-electron chi connectivity index (χ0n) is 10.7. The number of hydrogen-bond donors (Lipinski definition) is 2. The van der Waals surface area contributed by atoms with Crippen molar-refractivity contribution in [2.24, 2.45) is 5.92 Å². The third kappa shape index (κ3) is 13.9. The Bertz CT molecular complexity index is 141. The molecule has 0 unspecified atom stereocenters. The third-order valence-electron chi connectivity index (χ3n) is 2.18. The van der Waals surface area contributed by atoms with Crippen molar-refractivity contribution in [3.05, 3.63) is 0 Å². The molecule has 2 N–H and O–H groups in total. The molecule has 3 heteroatoms. The van der Waals surface area contributed by atoms with Gasteiger partial charge in [0.2, 0.25) is 0 Å². The Morgan fingerprint density at radius 2 is 1.87 bits per heavy atom. The summed E-state index contributed by atoms with van der Waals surface area (Å²) < 4.78 is 5.45. The smallest absolute Gasteiger partial charge is 0.0603 e. The fraction of sp³-hybridized carbons (Fsp3) is 1.00. The molecule has 0 atom stereocenters. The minimum absolute atomic E-state index is 0.564. The number of nitrogens with one attached hydrogen (secondary N) is 1. The Kier molecular flexibility index (Phi) is 8.02. The molecule has 3 nitrogen and oxygen atoms in total. The van der Waals surface area contributed by atoms with Gasteiger partial charge in [-0.25, -0.2) is 0 Å². The van der Waals surface area contributed by atoms with E-state index >= 15 is 0 Å². The van der Waals surface area contributed by atoms with Gasteiger partial charge in [0.25, 0.3) is 0 Å². The molecular formula is C12H27NO2. The summed E-state index contributed by atoms with van der Waals surface area (Å²) in [6.07, 6.45) is 1.91. The minimum Gasteiger partial charge on any atom is -0.390 e. The van der Waals surface area contributed by atoms with Crippen LogP contribution in [0.15, 0.2) is 0 Å². The molecule has 15 heavy (non-hydrogen) atoms. The van der Waals surface area contributed by atoms with E-state index in [-0.39, 0.29) is 0 Å². The second-order valence-electron chi connectivity index (χ2n) is 5.11. The van der Waals surface area contributed by atoms with Crippen LogP contribution in [0.2, 0.25) is 0 Å². The van der Waals surface area contributed by atoms with Gasteiger partial charge in [0, 0.05) is 13.2 Å². The van der Waals surface area contributed by atoms with E-state index in [9.17, 15) is 5.11 Å². The molecule has 0 bridgehead atoms. The van der Waals surface area contributed by atoms with Gasteiger partial charge in [-0.15, -0.1) is 0 Å². The fourth-order valence-electron chi connectivity index (χ4n) is 1.08. The molecule has 0 fully saturated rings. The van der Waals surface area contributed by atoms with Gasteiger partial charge in [0.1, 0.15) is 0 Å². The molecule has 0 saturated heterocycles. The molecule has 0 aliphatic heterocycles. The van der Waals surface area contributed by atoms with Crippen molar-refractivity contribution in [2.75, 3.05) is 26.3 Å². The van der Waals surface area contributed by atoms with E-state index in [0.29, 0.717) is 5.92 Å². The van der Waals surface area contributed by atoms with Crippen LogP contribution in [0, 0.1) is 5.92 Å². The fourth-order valence-corrected chi connectivity index (χ4v) is 1.08. The molecule has 0 aliphatic rings. The molecule has 0 amide bonds. The highest BCUT2D eigenvalue weighted by molar-refractivity contribution is 4.65. The van der Waals surface area contributed by atoms with E-state index in [1.165, 1.54) is 0 Å². The second-order valence-corrected chi connectivity index (χ2v) is 5.11. The molecule has 0 rings (SSSR count). The summed E-state index contributed by atoms with van der Waals surface area (Å²) in [6.45, 7) is 11.4. The van der Waals surface area contributed by atoms with E-state index < -0.39 is 5.60 Å². The lowest BCUT2D eigenvalue weighted by atomic mass is 10.1. The highest BCUT2D eigenvalue weighted by Gasteiger charge is 2.10. The number of hydrogen-bond acceptors (Lipinski definition) is 3. The largest absolute Gasteiger partial charge is 0.390 e. The van der Waals surface area contributed by atoms with Crippen LogP contribution in [-0.2, 0) is 4.74 Å². The molecule has 0 heterocycles. The Labute approximate surface area is 94.2 Å². The first-order valence-corrected chi connectivity index (χ1v) is 5.92. The normalized spacial score (nSPS) is 12.4.